The molecule has 0 fully saturated rings. The van der Waals surface area contributed by atoms with Gasteiger partial charge in [-0.05, 0) is 43.4 Å². The van der Waals surface area contributed by atoms with E-state index in [0.29, 0.717) is 13.0 Å². The number of carbonyl (C=O) groups excluding carboxylic acids is 1. The zero-order valence-electron chi connectivity index (χ0n) is 14.4. The predicted octanol–water partition coefficient (Wildman–Crippen LogP) is 2.09. The Bertz CT molecular complexity index is 738. The van der Waals surface area contributed by atoms with Crippen LogP contribution in [0.1, 0.15) is 39.2 Å². The molecule has 1 aromatic heterocycles. The maximum Gasteiger partial charge on any atom is 0.323 e. The topological polar surface area (TPSA) is 104 Å². The lowest BCUT2D eigenvalue weighted by Gasteiger charge is -2.33. The summed E-state index contributed by atoms with van der Waals surface area (Å²) in [6, 6.07) is 5.80. The van der Waals surface area contributed by atoms with Crippen molar-refractivity contribution in [1.29, 1.82) is 0 Å². The molecule has 0 aliphatic rings. The van der Waals surface area contributed by atoms with Crippen LogP contribution >= 0.6 is 12.4 Å². The van der Waals surface area contributed by atoms with Gasteiger partial charge in [-0.1, -0.05) is 19.9 Å². The minimum absolute atomic E-state index is 0. The molecule has 2 aromatic rings. The van der Waals surface area contributed by atoms with Crippen LogP contribution in [0.15, 0.2) is 23.0 Å². The molecule has 1 heterocycles. The number of amides is 1. The third kappa shape index (κ3) is 4.85. The van der Waals surface area contributed by atoms with E-state index in [4.69, 9.17) is 5.73 Å². The molecule has 1 unspecified atom stereocenters. The number of hydrogen-bond acceptors (Lipinski definition) is 3. The lowest BCUT2D eigenvalue weighted by atomic mass is 9.88. The van der Waals surface area contributed by atoms with Gasteiger partial charge in [0.2, 0.25) is 5.91 Å². The van der Waals surface area contributed by atoms with Crippen molar-refractivity contribution >= 4 is 29.3 Å². The van der Waals surface area contributed by atoms with Gasteiger partial charge in [0.15, 0.2) is 0 Å². The van der Waals surface area contributed by atoms with Gasteiger partial charge in [0.25, 0.3) is 0 Å². The summed E-state index contributed by atoms with van der Waals surface area (Å²) < 4.78 is 0. The maximum absolute atomic E-state index is 12.1. The molecule has 1 amide bonds. The molecule has 1 aromatic carbocycles. The molecule has 7 heteroatoms. The Kier molecular flexibility index (Phi) is 7.05. The lowest BCUT2D eigenvalue weighted by molar-refractivity contribution is -0.123. The molecule has 0 saturated heterocycles. The summed E-state index contributed by atoms with van der Waals surface area (Å²) in [5.74, 6) is 0.312. The van der Waals surface area contributed by atoms with Gasteiger partial charge in [-0.2, -0.15) is 0 Å². The van der Waals surface area contributed by atoms with Crippen LogP contribution in [0, 0.1) is 5.92 Å². The van der Waals surface area contributed by atoms with Crippen molar-refractivity contribution in [2.24, 2.45) is 11.7 Å². The Labute approximate surface area is 148 Å². The molecule has 0 radical (unpaired) electrons. The Morgan fingerprint density at radius 3 is 2.58 bits per heavy atom. The first-order chi connectivity index (χ1) is 10.8. The molecule has 5 N–H and O–H groups in total. The summed E-state index contributed by atoms with van der Waals surface area (Å²) in [4.78, 5) is 28.8. The lowest BCUT2D eigenvalue weighted by Crippen LogP contribution is -2.54. The van der Waals surface area contributed by atoms with Crippen LogP contribution in [0.2, 0.25) is 0 Å². The fraction of sp³-hybridized carbons (Fsp3) is 0.529. The van der Waals surface area contributed by atoms with E-state index >= 15 is 0 Å². The molecular formula is C17H27ClN4O2. The minimum Gasteiger partial charge on any atom is -0.349 e. The van der Waals surface area contributed by atoms with E-state index in [2.05, 4.69) is 29.1 Å². The highest BCUT2D eigenvalue weighted by Crippen LogP contribution is 2.16. The standard InChI is InChI=1S/C17H26N4O2.ClH/c1-11(2)17(3,10-18)21-15(22)6-4-5-12-7-8-13-14(9-12)20-16(23)19-13;/h7-9,11H,4-6,10,18H2,1-3H3,(H,21,22)(H2,19,20,23);1H. The van der Waals surface area contributed by atoms with Crippen molar-refractivity contribution in [3.8, 4) is 0 Å². The number of nitrogens with two attached hydrogens (primary N) is 1. The Morgan fingerprint density at radius 1 is 1.29 bits per heavy atom. The number of fused-ring (bicyclic) bond motifs is 1. The molecule has 2 rings (SSSR count). The summed E-state index contributed by atoms with van der Waals surface area (Å²) in [7, 11) is 0. The van der Waals surface area contributed by atoms with Gasteiger partial charge in [-0.3, -0.25) is 4.79 Å². The highest BCUT2D eigenvalue weighted by molar-refractivity contribution is 5.85. The van der Waals surface area contributed by atoms with Crippen molar-refractivity contribution in [2.45, 2.75) is 45.6 Å². The highest BCUT2D eigenvalue weighted by atomic mass is 35.5. The van der Waals surface area contributed by atoms with Crippen molar-refractivity contribution in [1.82, 2.24) is 15.3 Å². The molecule has 134 valence electrons. The van der Waals surface area contributed by atoms with E-state index in [1.54, 1.807) is 0 Å². The molecule has 1 atom stereocenters. The number of imidazole rings is 1. The molecule has 0 saturated carbocycles. The van der Waals surface area contributed by atoms with Crippen LogP contribution in [0.4, 0.5) is 0 Å². The summed E-state index contributed by atoms with van der Waals surface area (Å²) >= 11 is 0. The maximum atomic E-state index is 12.1. The van der Waals surface area contributed by atoms with Gasteiger partial charge in [0.1, 0.15) is 0 Å². The second kappa shape index (κ2) is 8.35. The van der Waals surface area contributed by atoms with Crippen molar-refractivity contribution < 1.29 is 4.79 Å². The van der Waals surface area contributed by atoms with E-state index in [9.17, 15) is 9.59 Å². The van der Waals surface area contributed by atoms with Gasteiger partial charge >= 0.3 is 5.69 Å². The average Bonchev–Trinajstić information content (AvgIpc) is 2.86. The molecule has 0 spiro atoms. The summed E-state index contributed by atoms with van der Waals surface area (Å²) in [5, 5.41) is 3.05. The van der Waals surface area contributed by atoms with Gasteiger partial charge < -0.3 is 21.0 Å². The second-order valence-corrected chi connectivity index (χ2v) is 6.64. The zero-order chi connectivity index (χ0) is 17.0. The number of carbonyl (C=O) groups is 1. The minimum atomic E-state index is -0.361. The number of aryl methyl sites for hydroxylation is 1. The van der Waals surface area contributed by atoms with E-state index in [0.717, 1.165) is 29.4 Å². The van der Waals surface area contributed by atoms with Crippen LogP contribution < -0.4 is 16.7 Å². The summed E-state index contributed by atoms with van der Waals surface area (Å²) in [5.41, 5.74) is 7.92. The van der Waals surface area contributed by atoms with Gasteiger partial charge in [-0.25, -0.2) is 4.79 Å². The van der Waals surface area contributed by atoms with Crippen LogP contribution in [-0.4, -0.2) is 28.0 Å². The number of nitrogens with one attached hydrogen (secondary N) is 3. The smallest absolute Gasteiger partial charge is 0.323 e. The van der Waals surface area contributed by atoms with Gasteiger partial charge in [0.05, 0.1) is 16.6 Å². The second-order valence-electron chi connectivity index (χ2n) is 6.64. The fourth-order valence-corrected chi connectivity index (χ4v) is 2.50. The third-order valence-corrected chi connectivity index (χ3v) is 4.57. The zero-order valence-corrected chi connectivity index (χ0v) is 15.3. The van der Waals surface area contributed by atoms with Crippen molar-refractivity contribution in [3.05, 3.63) is 34.2 Å². The van der Waals surface area contributed by atoms with E-state index in [-0.39, 0.29) is 35.5 Å². The largest absolute Gasteiger partial charge is 0.349 e. The molecule has 24 heavy (non-hydrogen) atoms. The molecule has 0 aliphatic carbocycles. The number of rotatable bonds is 7. The van der Waals surface area contributed by atoms with E-state index in [1.807, 2.05) is 25.1 Å². The van der Waals surface area contributed by atoms with Crippen LogP contribution in [0.5, 0.6) is 0 Å². The van der Waals surface area contributed by atoms with Gasteiger partial charge in [0, 0.05) is 13.0 Å². The molecule has 0 bridgehead atoms. The average molecular weight is 355 g/mol. The van der Waals surface area contributed by atoms with Crippen LogP contribution in [0.25, 0.3) is 11.0 Å². The molecular weight excluding hydrogens is 328 g/mol. The highest BCUT2D eigenvalue weighted by Gasteiger charge is 2.28. The third-order valence-electron chi connectivity index (χ3n) is 4.57. The number of aromatic amines is 2. The number of benzene rings is 1. The van der Waals surface area contributed by atoms with E-state index < -0.39 is 0 Å². The monoisotopic (exact) mass is 354 g/mol. The quantitative estimate of drug-likeness (QED) is 0.612. The Morgan fingerprint density at radius 2 is 1.96 bits per heavy atom. The van der Waals surface area contributed by atoms with Gasteiger partial charge in [-0.15, -0.1) is 12.4 Å². The van der Waals surface area contributed by atoms with Crippen LogP contribution in [0.3, 0.4) is 0 Å². The normalized spacial score (nSPS) is 13.5. The number of hydrogen-bond donors (Lipinski definition) is 4. The molecule has 6 nitrogen and oxygen atoms in total. The first-order valence-electron chi connectivity index (χ1n) is 8.06. The Hall–Kier alpha value is -1.79. The fourth-order valence-electron chi connectivity index (χ4n) is 2.50. The predicted molar refractivity (Wildman–Crippen MR) is 99.5 cm³/mol. The summed E-state index contributed by atoms with van der Waals surface area (Å²) in [6.45, 7) is 6.51. The Balaban J connectivity index is 0.00000288. The van der Waals surface area contributed by atoms with Crippen molar-refractivity contribution in [3.63, 3.8) is 0 Å². The van der Waals surface area contributed by atoms with Crippen LogP contribution in [-0.2, 0) is 11.2 Å². The van der Waals surface area contributed by atoms with Crippen molar-refractivity contribution in [2.75, 3.05) is 6.54 Å². The van der Waals surface area contributed by atoms with E-state index in [1.165, 1.54) is 0 Å². The molecule has 0 aliphatic heterocycles. The summed E-state index contributed by atoms with van der Waals surface area (Å²) in [6.07, 6.45) is 2.01. The first-order valence-corrected chi connectivity index (χ1v) is 8.06. The first kappa shape index (κ1) is 20.3. The number of H-pyrrole nitrogens is 2. The number of halogens is 1. The SMILES string of the molecule is CC(C)C(C)(CN)NC(=O)CCCc1ccc2[nH]c(=O)[nH]c2c1.Cl. The number of aromatic nitrogens is 2.